The van der Waals surface area contributed by atoms with Crippen LogP contribution >= 0.6 is 0 Å². The second-order valence-corrected chi connectivity index (χ2v) is 29.2. The van der Waals surface area contributed by atoms with E-state index in [9.17, 15) is 5.53 Å². The first-order valence-electron chi connectivity index (χ1n) is 39.3. The van der Waals surface area contributed by atoms with E-state index in [0.717, 1.165) is 66.6 Å². The Morgan fingerprint density at radius 2 is 0.568 bits per heavy atom. The number of nitrogens with zero attached hydrogens (tertiary/aromatic N) is 2. The van der Waals surface area contributed by atoms with Crippen molar-refractivity contribution >= 4 is 11.4 Å². The average molecular weight is 1260 g/mol. The fraction of sp³-hybridized carbons (Fsp3) is 0.788. The third-order valence-corrected chi connectivity index (χ3v) is 20.7. The van der Waals surface area contributed by atoms with E-state index in [1.807, 2.05) is 14.4 Å². The molecule has 0 atom stereocenters. The van der Waals surface area contributed by atoms with Crippen LogP contribution in [0.15, 0.2) is 35.4 Å². The fourth-order valence-electron chi connectivity index (χ4n) is 13.6. The maximum atomic E-state index is 12.2. The summed E-state index contributed by atoms with van der Waals surface area (Å²) < 4.78 is 1.50. The Balaban J connectivity index is 0.000000600. The van der Waals surface area contributed by atoms with E-state index >= 15 is 0 Å². The van der Waals surface area contributed by atoms with E-state index in [2.05, 4.69) is 105 Å². The number of hydrogen-bond acceptors (Lipinski definition) is 0. The van der Waals surface area contributed by atoms with Gasteiger partial charge in [-0.25, -0.2) is 4.70 Å². The van der Waals surface area contributed by atoms with Gasteiger partial charge >= 0.3 is 166 Å². The van der Waals surface area contributed by atoms with Gasteiger partial charge in [-0.3, -0.25) is 0 Å². The third-order valence-electron chi connectivity index (χ3n) is 19.3. The van der Waals surface area contributed by atoms with Crippen molar-refractivity contribution in [1.29, 1.82) is 0 Å². The molecule has 0 radical (unpaired) electrons. The molecular weight excluding hydrogens is 1110 g/mol. The molecule has 0 aromatic heterocycles. The van der Waals surface area contributed by atoms with Crippen LogP contribution in [-0.4, -0.2) is 4.70 Å². The van der Waals surface area contributed by atoms with Gasteiger partial charge in [-0.15, -0.1) is 0 Å². The summed E-state index contributed by atoms with van der Waals surface area (Å²) >= 11 is 2.05. The van der Waals surface area contributed by atoms with Crippen molar-refractivity contribution in [2.75, 3.05) is 0 Å². The van der Waals surface area contributed by atoms with Crippen LogP contribution in [0.25, 0.3) is 16.9 Å². The van der Waals surface area contributed by atoms with Crippen LogP contribution in [0.1, 0.15) is 426 Å². The topological polar surface area (TPSA) is 25.3 Å². The summed E-state index contributed by atoms with van der Waals surface area (Å²) in [4.78, 5) is 0. The van der Waals surface area contributed by atoms with Gasteiger partial charge in [0.05, 0.1) is 0 Å². The normalized spacial score (nSPS) is 12.5. The number of allylic oxidation sites excluding steroid dienone is 2. The molecule has 3 rings (SSSR count). The molecule has 508 valence electrons. The summed E-state index contributed by atoms with van der Waals surface area (Å²) in [6.45, 7) is 22.6. The molecule has 0 unspecified atom stereocenters. The second-order valence-electron chi connectivity index (χ2n) is 27.7. The number of hydrogen-bond donors (Lipinski definition) is 0. The summed E-state index contributed by atoms with van der Waals surface area (Å²) in [5, 5.41) is 2.87. The summed E-state index contributed by atoms with van der Waals surface area (Å²) in [5.74, 6) is 7.18. The monoisotopic (exact) mass is 1260 g/mol. The first kappa shape index (κ1) is 81.7. The quantitative estimate of drug-likeness (QED) is 0.0273. The molecule has 0 aliphatic carbocycles. The van der Waals surface area contributed by atoms with Gasteiger partial charge in [0.15, 0.2) is 0 Å². The van der Waals surface area contributed by atoms with Gasteiger partial charge in [0.1, 0.15) is 5.57 Å². The molecule has 1 aliphatic rings. The van der Waals surface area contributed by atoms with Crippen LogP contribution in [0.2, 0.25) is 10.8 Å². The Bertz CT molecular complexity index is 2040. The first-order chi connectivity index (χ1) is 43.2. The zero-order valence-corrected chi connectivity index (χ0v) is 61.8. The van der Waals surface area contributed by atoms with E-state index < -0.39 is 0 Å². The molecule has 0 saturated heterocycles. The molecule has 2 aromatic carbocycles. The van der Waals surface area contributed by atoms with Crippen molar-refractivity contribution in [1.82, 2.24) is 0 Å². The third kappa shape index (κ3) is 39.2. The van der Waals surface area contributed by atoms with Crippen molar-refractivity contribution in [2.45, 2.75) is 433 Å². The van der Waals surface area contributed by atoms with Crippen LogP contribution < -0.4 is 0 Å². The molecule has 1 aliphatic heterocycles. The Kier molecular flexibility index (Phi) is 54.2. The van der Waals surface area contributed by atoms with Gasteiger partial charge in [-0.1, -0.05) is 214 Å². The summed E-state index contributed by atoms with van der Waals surface area (Å²) in [7, 11) is 0. The Morgan fingerprint density at radius 1 is 0.307 bits per heavy atom. The standard InChI is InChI=1S/C41H58N2.2C22H45.Ni/c1-9-13-17-18-19-21-25-39-38(24-20-14-10-2)40(34-26-30(5)36(22-15-11-3)31(6)27-34)43(42)41(39)35-28-32(7)37(23-16-12-4)33(8)29-35;2*1-3-5-7-9-11-13-15-17-19-21-22-20-18-16-14-12-10-8-6-4-2;/h26-29H,9-20,22-24H2,1-8H3;2*1,3-22H2,2H3;. The second kappa shape index (κ2) is 58.4. The first-order valence-corrected chi connectivity index (χ1v) is 40.7. The minimum atomic E-state index is 0.862. The van der Waals surface area contributed by atoms with Crippen LogP contribution in [0.4, 0.5) is 0 Å². The molecular formula is C85H148N2Ni. The zero-order chi connectivity index (χ0) is 63.8. The molecule has 1 heterocycles. The minimum Gasteiger partial charge on any atom is -0.0654 e. The van der Waals surface area contributed by atoms with Crippen molar-refractivity contribution < 1.29 is 19.1 Å². The van der Waals surface area contributed by atoms with Gasteiger partial charge in [-0.2, -0.15) is 0 Å². The number of aryl methyl sites for hydroxylation is 4. The van der Waals surface area contributed by atoms with Crippen LogP contribution in [0.3, 0.4) is 0 Å². The molecule has 0 bridgehead atoms. The smallest absolute Gasteiger partial charge is 0.0654 e. The van der Waals surface area contributed by atoms with Crippen molar-refractivity contribution in [3.8, 4) is 11.8 Å². The molecule has 0 spiro atoms. The van der Waals surface area contributed by atoms with Crippen LogP contribution in [0.5, 0.6) is 0 Å². The molecule has 0 fully saturated rings. The number of unbranched alkanes of at least 4 members (excludes halogenated alkanes) is 46. The van der Waals surface area contributed by atoms with Gasteiger partial charge in [0, 0.05) is 23.1 Å². The minimum absolute atomic E-state index is 0.862. The zero-order valence-electron chi connectivity index (χ0n) is 60.8. The van der Waals surface area contributed by atoms with Gasteiger partial charge in [0.2, 0.25) is 11.4 Å². The predicted molar refractivity (Wildman–Crippen MR) is 393 cm³/mol. The van der Waals surface area contributed by atoms with Gasteiger partial charge in [-0.05, 0) is 130 Å². The van der Waals surface area contributed by atoms with E-state index in [-0.39, 0.29) is 0 Å². The molecule has 2 aromatic rings. The summed E-state index contributed by atoms with van der Waals surface area (Å²) in [6, 6.07) is 9.19. The molecule has 88 heavy (non-hydrogen) atoms. The SMILES string of the molecule is CCCCCCC#CC1=C(c2cc(C)c(CCCC)c(C)c2)[N+](=[N-])C(c2cc(C)c(CCCC)c(C)c2)=C1CCCCC.CCCCCCCCCCCCCCCCCCCCC[CH2][Ni][CH2]CCCCCCCCCCCCCCCCCCCCC. The summed E-state index contributed by atoms with van der Waals surface area (Å²) in [5.41, 5.74) is 26.5. The van der Waals surface area contributed by atoms with E-state index in [4.69, 9.17) is 0 Å². The van der Waals surface area contributed by atoms with E-state index in [1.165, 1.54) is 369 Å². The van der Waals surface area contributed by atoms with Gasteiger partial charge in [0.25, 0.3) is 0 Å². The van der Waals surface area contributed by atoms with Crippen molar-refractivity contribution in [3.05, 3.63) is 85.5 Å². The average Bonchev–Trinajstić information content (AvgIpc) is 2.23. The van der Waals surface area contributed by atoms with E-state index in [1.54, 1.807) is 0 Å². The molecule has 0 saturated carbocycles. The maximum absolute atomic E-state index is 12.2. The fourth-order valence-corrected chi connectivity index (χ4v) is 14.8. The molecule has 0 amide bonds. The van der Waals surface area contributed by atoms with Crippen LogP contribution in [0, 0.1) is 39.5 Å². The molecule has 3 heteroatoms. The predicted octanol–water partition coefficient (Wildman–Crippen LogP) is 29.9. The molecule has 2 nitrogen and oxygen atoms in total. The van der Waals surface area contributed by atoms with Crippen LogP contribution in [-0.2, 0) is 27.3 Å². The summed E-state index contributed by atoms with van der Waals surface area (Å²) in [6.07, 6.45) is 76.3. The number of rotatable bonds is 58. The Labute approximate surface area is 557 Å². The van der Waals surface area contributed by atoms with E-state index in [0.29, 0.717) is 0 Å². The Hall–Kier alpha value is -2.43. The number of benzene rings is 2. The molecule has 0 N–H and O–H groups in total. The Morgan fingerprint density at radius 3 is 0.875 bits per heavy atom. The van der Waals surface area contributed by atoms with Gasteiger partial charge < -0.3 is 5.53 Å². The van der Waals surface area contributed by atoms with Crippen molar-refractivity contribution in [3.63, 3.8) is 0 Å². The van der Waals surface area contributed by atoms with Crippen molar-refractivity contribution in [2.24, 2.45) is 0 Å².